The van der Waals surface area contributed by atoms with E-state index in [2.05, 4.69) is 9.47 Å². The maximum Gasteiger partial charge on any atom is 0.426 e. The lowest BCUT2D eigenvalue weighted by Gasteiger charge is -2.44. The Morgan fingerprint density at radius 3 is 1.42 bits per heavy atom. The van der Waals surface area contributed by atoms with Gasteiger partial charge in [0.2, 0.25) is 0 Å². The van der Waals surface area contributed by atoms with E-state index < -0.39 is 80.9 Å². The van der Waals surface area contributed by atoms with Crippen LogP contribution in [0.25, 0.3) is 0 Å². The summed E-state index contributed by atoms with van der Waals surface area (Å²) >= 11 is 0. The van der Waals surface area contributed by atoms with E-state index in [9.17, 15) is 57.8 Å². The number of hydrogen-bond donors (Lipinski definition) is 1. The predicted octanol–water partition coefficient (Wildman–Crippen LogP) is 5.71. The Labute approximate surface area is 168 Å². The molecule has 0 radical (unpaired) electrons. The molecule has 1 atom stereocenters. The van der Waals surface area contributed by atoms with Crippen LogP contribution in [0.3, 0.4) is 0 Å². The molecule has 1 unspecified atom stereocenters. The van der Waals surface area contributed by atoms with Gasteiger partial charge in [-0.3, -0.25) is 0 Å². The van der Waals surface area contributed by atoms with Gasteiger partial charge < -0.3 is 14.6 Å². The van der Waals surface area contributed by atoms with Crippen LogP contribution in [0.1, 0.15) is 39.0 Å². The summed E-state index contributed by atoms with van der Waals surface area (Å²) in [5.41, 5.74) is -9.55. The van der Waals surface area contributed by atoms with Crippen molar-refractivity contribution in [2.24, 2.45) is 5.92 Å². The summed E-state index contributed by atoms with van der Waals surface area (Å²) in [6.07, 6.45) is -27.3. The molecule has 1 N–H and O–H groups in total. The SMILES string of the molecule is CC(OCC(O)COC(C1CCCCC1)(C(F)(F)F)C(F)(F)F)(C(F)(F)F)C(F)(F)F. The topological polar surface area (TPSA) is 38.7 Å². The highest BCUT2D eigenvalue weighted by molar-refractivity contribution is 5.02. The first-order valence-electron chi connectivity index (χ1n) is 8.93. The number of aliphatic hydroxyl groups excluding tert-OH is 1. The second kappa shape index (κ2) is 9.12. The van der Waals surface area contributed by atoms with Crippen molar-refractivity contribution in [1.82, 2.24) is 0 Å². The first-order valence-corrected chi connectivity index (χ1v) is 8.93. The molecule has 0 aliphatic heterocycles. The molecule has 0 aromatic rings. The minimum Gasteiger partial charge on any atom is -0.388 e. The van der Waals surface area contributed by atoms with Crippen LogP contribution in [0, 0.1) is 5.92 Å². The molecular weight excluding hydrogens is 468 g/mol. The highest BCUT2D eigenvalue weighted by atomic mass is 19.4. The number of halogens is 12. The second-order valence-corrected chi connectivity index (χ2v) is 7.37. The summed E-state index contributed by atoms with van der Waals surface area (Å²) in [4.78, 5) is 0. The van der Waals surface area contributed by atoms with Crippen molar-refractivity contribution >= 4 is 0 Å². The second-order valence-electron chi connectivity index (χ2n) is 7.37. The van der Waals surface area contributed by atoms with Crippen molar-refractivity contribution in [2.75, 3.05) is 13.2 Å². The van der Waals surface area contributed by atoms with Crippen LogP contribution in [0.2, 0.25) is 0 Å². The lowest BCUT2D eigenvalue weighted by Crippen LogP contribution is -2.64. The normalized spacial score (nSPS) is 19.5. The summed E-state index contributed by atoms with van der Waals surface area (Å²) in [5.74, 6) is -2.09. The van der Waals surface area contributed by atoms with Crippen molar-refractivity contribution in [3.05, 3.63) is 0 Å². The quantitative estimate of drug-likeness (QED) is 0.467. The molecule has 0 aromatic heterocycles. The fourth-order valence-corrected chi connectivity index (χ4v) is 3.28. The maximum absolute atomic E-state index is 13.5. The molecule has 1 aliphatic rings. The molecular formula is C16H20F12O3. The van der Waals surface area contributed by atoms with Gasteiger partial charge in [0, 0.05) is 5.92 Å². The number of alkyl halides is 12. The Hall–Kier alpha value is -0.960. The van der Waals surface area contributed by atoms with Crippen LogP contribution in [0.4, 0.5) is 52.7 Å². The van der Waals surface area contributed by atoms with Crippen LogP contribution in [0.15, 0.2) is 0 Å². The molecule has 15 heteroatoms. The summed E-state index contributed by atoms with van der Waals surface area (Å²) in [6.45, 7) is -4.17. The molecule has 1 rings (SSSR count). The van der Waals surface area contributed by atoms with E-state index in [0.717, 1.165) is 0 Å². The van der Waals surface area contributed by atoms with Gasteiger partial charge >= 0.3 is 24.7 Å². The number of hydrogen-bond acceptors (Lipinski definition) is 3. The molecule has 0 aromatic carbocycles. The van der Waals surface area contributed by atoms with Crippen LogP contribution in [-0.2, 0) is 9.47 Å². The fraction of sp³-hybridized carbons (Fsp3) is 1.00. The summed E-state index contributed by atoms with van der Waals surface area (Å²) in [6, 6.07) is 0. The molecule has 0 saturated heterocycles. The zero-order chi connectivity index (χ0) is 24.5. The van der Waals surface area contributed by atoms with Crippen LogP contribution in [0.5, 0.6) is 0 Å². The van der Waals surface area contributed by atoms with Gasteiger partial charge in [0.25, 0.3) is 11.2 Å². The van der Waals surface area contributed by atoms with Gasteiger partial charge in [-0.05, 0) is 19.8 Å². The Balaban J connectivity index is 3.05. The molecule has 0 amide bonds. The molecule has 1 saturated carbocycles. The zero-order valence-corrected chi connectivity index (χ0v) is 15.9. The molecule has 0 heterocycles. The van der Waals surface area contributed by atoms with Gasteiger partial charge in [-0.2, -0.15) is 52.7 Å². The third kappa shape index (κ3) is 5.70. The third-order valence-corrected chi connectivity index (χ3v) is 5.17. The van der Waals surface area contributed by atoms with Crippen molar-refractivity contribution < 1.29 is 67.3 Å². The van der Waals surface area contributed by atoms with Crippen molar-refractivity contribution in [3.8, 4) is 0 Å². The van der Waals surface area contributed by atoms with E-state index in [-0.39, 0.29) is 12.8 Å². The lowest BCUT2D eigenvalue weighted by atomic mass is 9.75. The highest BCUT2D eigenvalue weighted by Crippen LogP contribution is 2.54. The maximum atomic E-state index is 13.5. The molecule has 186 valence electrons. The molecule has 1 aliphatic carbocycles. The third-order valence-electron chi connectivity index (χ3n) is 5.17. The van der Waals surface area contributed by atoms with Gasteiger partial charge in [-0.1, -0.05) is 19.3 Å². The van der Waals surface area contributed by atoms with E-state index in [4.69, 9.17) is 0 Å². The molecule has 3 nitrogen and oxygen atoms in total. The Kier molecular flexibility index (Phi) is 8.26. The molecule has 0 spiro atoms. The summed E-state index contributed by atoms with van der Waals surface area (Å²) < 4.78 is 165. The Morgan fingerprint density at radius 1 is 0.677 bits per heavy atom. The van der Waals surface area contributed by atoms with Crippen molar-refractivity contribution in [1.29, 1.82) is 0 Å². The van der Waals surface area contributed by atoms with Crippen LogP contribution in [-0.4, -0.2) is 60.3 Å². The highest BCUT2D eigenvalue weighted by Gasteiger charge is 2.75. The van der Waals surface area contributed by atoms with E-state index >= 15 is 0 Å². The summed E-state index contributed by atoms with van der Waals surface area (Å²) in [7, 11) is 0. The van der Waals surface area contributed by atoms with E-state index in [1.54, 1.807) is 0 Å². The largest absolute Gasteiger partial charge is 0.426 e. The minimum atomic E-state index is -6.03. The van der Waals surface area contributed by atoms with Gasteiger partial charge in [0.15, 0.2) is 0 Å². The first kappa shape index (κ1) is 28.1. The van der Waals surface area contributed by atoms with Crippen molar-refractivity contribution in [2.45, 2.75) is 81.0 Å². The monoisotopic (exact) mass is 488 g/mol. The van der Waals surface area contributed by atoms with E-state index in [1.807, 2.05) is 0 Å². The average Bonchev–Trinajstić information content (AvgIpc) is 2.56. The van der Waals surface area contributed by atoms with E-state index in [1.165, 1.54) is 0 Å². The lowest BCUT2D eigenvalue weighted by molar-refractivity contribution is -0.404. The molecule has 0 bridgehead atoms. The van der Waals surface area contributed by atoms with Gasteiger partial charge in [0.1, 0.15) is 6.10 Å². The van der Waals surface area contributed by atoms with Gasteiger partial charge in [-0.15, -0.1) is 0 Å². The van der Waals surface area contributed by atoms with Crippen molar-refractivity contribution in [3.63, 3.8) is 0 Å². The van der Waals surface area contributed by atoms with Gasteiger partial charge in [0.05, 0.1) is 13.2 Å². The van der Waals surface area contributed by atoms with Crippen LogP contribution >= 0.6 is 0 Å². The summed E-state index contributed by atoms with van der Waals surface area (Å²) in [5, 5.41) is 9.52. The smallest absolute Gasteiger partial charge is 0.388 e. The predicted molar refractivity (Wildman–Crippen MR) is 79.8 cm³/mol. The standard InChI is InChI=1S/C16H20F12O3/c1-11(13(17,18)19,14(20,21)22)30-7-10(29)8-31-12(15(23,24)25,16(26,27)28)9-5-3-2-4-6-9/h9-10,29H,2-8H2,1H3. The molecule has 31 heavy (non-hydrogen) atoms. The number of rotatable bonds is 7. The number of ether oxygens (including phenoxy) is 2. The zero-order valence-electron chi connectivity index (χ0n) is 15.9. The number of aliphatic hydroxyl groups is 1. The minimum absolute atomic E-state index is 0.0309. The Morgan fingerprint density at radius 2 is 1.06 bits per heavy atom. The van der Waals surface area contributed by atoms with E-state index in [0.29, 0.717) is 6.42 Å². The van der Waals surface area contributed by atoms with Crippen LogP contribution < -0.4 is 0 Å². The first-order chi connectivity index (χ1) is 13.7. The molecule has 1 fully saturated rings. The van der Waals surface area contributed by atoms with Gasteiger partial charge in [-0.25, -0.2) is 0 Å². The fourth-order valence-electron chi connectivity index (χ4n) is 3.28. The average molecular weight is 488 g/mol. The Bertz CT molecular complexity index is 544.